The van der Waals surface area contributed by atoms with E-state index < -0.39 is 0 Å². The fraction of sp³-hybridized carbons (Fsp3) is 0.469. The van der Waals surface area contributed by atoms with E-state index in [0.717, 1.165) is 36.8 Å². The van der Waals surface area contributed by atoms with Crippen LogP contribution in [0.2, 0.25) is 0 Å². The Kier molecular flexibility index (Phi) is 10.3. The van der Waals surface area contributed by atoms with Gasteiger partial charge in [0.2, 0.25) is 5.43 Å². The summed E-state index contributed by atoms with van der Waals surface area (Å²) in [7, 11) is 1.58. The van der Waals surface area contributed by atoms with Crippen LogP contribution in [-0.2, 0) is 12.8 Å². The predicted octanol–water partition coefficient (Wildman–Crippen LogP) is 8.04. The highest BCUT2D eigenvalue weighted by molar-refractivity contribution is 5.98. The third kappa shape index (κ3) is 6.53. The van der Waals surface area contributed by atoms with E-state index in [1.54, 1.807) is 19.2 Å². The lowest BCUT2D eigenvalue weighted by molar-refractivity contribution is 0.287. The number of hydrogen-bond donors (Lipinski definition) is 1. The number of ether oxygens (including phenoxy) is 3. The van der Waals surface area contributed by atoms with E-state index in [1.165, 1.54) is 0 Å². The van der Waals surface area contributed by atoms with Gasteiger partial charge in [0.25, 0.3) is 0 Å². The molecule has 0 spiro atoms. The zero-order chi connectivity index (χ0) is 27.8. The molecule has 0 atom stereocenters. The molecule has 0 amide bonds. The Labute approximate surface area is 225 Å². The highest BCUT2D eigenvalue weighted by Gasteiger charge is 2.24. The van der Waals surface area contributed by atoms with Gasteiger partial charge >= 0.3 is 0 Å². The lowest BCUT2D eigenvalue weighted by Gasteiger charge is -2.18. The van der Waals surface area contributed by atoms with Crippen molar-refractivity contribution in [3.05, 3.63) is 56.8 Å². The Morgan fingerprint density at radius 2 is 1.37 bits per heavy atom. The molecular formula is C32H42O6. The number of hydrogen-bond acceptors (Lipinski definition) is 6. The molecule has 6 heteroatoms. The summed E-state index contributed by atoms with van der Waals surface area (Å²) in [5.41, 5.74) is 3.86. The molecule has 0 aliphatic heterocycles. The largest absolute Gasteiger partial charge is 0.507 e. The van der Waals surface area contributed by atoms with Crippen molar-refractivity contribution in [2.24, 2.45) is 0 Å². The van der Waals surface area contributed by atoms with E-state index in [1.807, 2.05) is 39.8 Å². The summed E-state index contributed by atoms with van der Waals surface area (Å²) in [6.07, 6.45) is 8.73. The molecule has 0 bridgehead atoms. The van der Waals surface area contributed by atoms with E-state index in [2.05, 4.69) is 13.8 Å². The summed E-state index contributed by atoms with van der Waals surface area (Å²) in [4.78, 5) is 14.1. The van der Waals surface area contributed by atoms with Gasteiger partial charge in [-0.15, -0.1) is 0 Å². The minimum absolute atomic E-state index is 0.0995. The number of phenols is 1. The second-order valence-electron chi connectivity index (χ2n) is 10.1. The number of benzene rings is 2. The van der Waals surface area contributed by atoms with Gasteiger partial charge in [-0.3, -0.25) is 4.79 Å². The summed E-state index contributed by atoms with van der Waals surface area (Å²) < 4.78 is 24.2. The SMILES string of the molecule is CCCCOc1cc2oc3cc(OCCCC)c(OC)c(CC=C(C)C)c3c(=O)c2c(O)c1CC=C(C)C. The molecule has 6 nitrogen and oxygen atoms in total. The molecule has 0 aliphatic rings. The summed E-state index contributed by atoms with van der Waals surface area (Å²) in [5.74, 6) is 1.48. The van der Waals surface area contributed by atoms with Crippen LogP contribution in [0.3, 0.4) is 0 Å². The lowest BCUT2D eigenvalue weighted by Crippen LogP contribution is -2.10. The van der Waals surface area contributed by atoms with Gasteiger partial charge in [-0.05, 0) is 53.4 Å². The molecule has 3 aromatic rings. The van der Waals surface area contributed by atoms with Crippen molar-refractivity contribution in [2.75, 3.05) is 20.3 Å². The Morgan fingerprint density at radius 1 is 0.842 bits per heavy atom. The fourth-order valence-corrected chi connectivity index (χ4v) is 4.32. The van der Waals surface area contributed by atoms with E-state index in [-0.39, 0.29) is 22.1 Å². The minimum atomic E-state index is -0.298. The van der Waals surface area contributed by atoms with Crippen molar-refractivity contribution in [3.8, 4) is 23.0 Å². The Hall–Kier alpha value is -3.41. The monoisotopic (exact) mass is 522 g/mol. The van der Waals surface area contributed by atoms with Gasteiger partial charge in [-0.25, -0.2) is 0 Å². The van der Waals surface area contributed by atoms with Crippen LogP contribution >= 0.6 is 0 Å². The average molecular weight is 523 g/mol. The molecule has 1 N–H and O–H groups in total. The Morgan fingerprint density at radius 3 is 1.92 bits per heavy atom. The molecule has 38 heavy (non-hydrogen) atoms. The van der Waals surface area contributed by atoms with Crippen molar-refractivity contribution in [1.82, 2.24) is 0 Å². The van der Waals surface area contributed by atoms with Crippen molar-refractivity contribution < 1.29 is 23.7 Å². The van der Waals surface area contributed by atoms with Crippen LogP contribution in [0.5, 0.6) is 23.0 Å². The molecule has 0 unspecified atom stereocenters. The van der Waals surface area contributed by atoms with Crippen molar-refractivity contribution in [3.63, 3.8) is 0 Å². The molecule has 0 saturated heterocycles. The predicted molar refractivity (Wildman–Crippen MR) is 155 cm³/mol. The Bertz CT molecular complexity index is 1390. The third-order valence-corrected chi connectivity index (χ3v) is 6.45. The van der Waals surface area contributed by atoms with Crippen LogP contribution in [0.1, 0.15) is 78.4 Å². The second kappa shape index (κ2) is 13.4. The number of phenolic OH excluding ortho intramolecular Hbond substituents is 1. The van der Waals surface area contributed by atoms with E-state index in [4.69, 9.17) is 18.6 Å². The molecule has 0 fully saturated rings. The topological polar surface area (TPSA) is 78.1 Å². The molecule has 2 aromatic carbocycles. The second-order valence-corrected chi connectivity index (χ2v) is 10.1. The van der Waals surface area contributed by atoms with Gasteiger partial charge in [0.1, 0.15) is 28.1 Å². The number of aromatic hydroxyl groups is 1. The van der Waals surface area contributed by atoms with Gasteiger partial charge in [-0.2, -0.15) is 0 Å². The number of allylic oxidation sites excluding steroid dienone is 4. The quantitative estimate of drug-likeness (QED) is 0.139. The van der Waals surface area contributed by atoms with Crippen molar-refractivity contribution >= 4 is 21.9 Å². The van der Waals surface area contributed by atoms with Crippen LogP contribution in [0.4, 0.5) is 0 Å². The number of rotatable bonds is 13. The van der Waals surface area contributed by atoms with E-state index in [9.17, 15) is 9.90 Å². The first kappa shape index (κ1) is 29.2. The molecule has 1 aromatic heterocycles. The van der Waals surface area contributed by atoms with Crippen LogP contribution < -0.4 is 19.6 Å². The first-order chi connectivity index (χ1) is 18.2. The van der Waals surface area contributed by atoms with E-state index in [0.29, 0.717) is 65.4 Å². The van der Waals surface area contributed by atoms with Crippen LogP contribution in [-0.4, -0.2) is 25.4 Å². The van der Waals surface area contributed by atoms with Crippen LogP contribution in [0.25, 0.3) is 21.9 Å². The molecular weight excluding hydrogens is 480 g/mol. The highest BCUT2D eigenvalue weighted by atomic mass is 16.5. The molecule has 3 rings (SSSR count). The number of fused-ring (bicyclic) bond motifs is 2. The third-order valence-electron chi connectivity index (χ3n) is 6.45. The van der Waals surface area contributed by atoms with Crippen LogP contribution in [0.15, 0.2) is 44.6 Å². The zero-order valence-electron chi connectivity index (χ0n) is 24.0. The van der Waals surface area contributed by atoms with Gasteiger partial charge < -0.3 is 23.7 Å². The first-order valence-corrected chi connectivity index (χ1v) is 13.6. The molecule has 1 heterocycles. The maximum absolute atomic E-state index is 14.1. The standard InChI is InChI=1S/C32H42O6/c1-8-10-16-36-24-18-26-29(30(33)22(24)14-12-20(3)4)31(34)28-23(15-13-21(5)6)32(35-7)27(19-25(28)38-26)37-17-11-9-2/h12-13,18-19,33H,8-11,14-17H2,1-7H3. The maximum atomic E-state index is 14.1. The highest BCUT2D eigenvalue weighted by Crippen LogP contribution is 2.41. The average Bonchev–Trinajstić information content (AvgIpc) is 2.86. The zero-order valence-corrected chi connectivity index (χ0v) is 24.0. The fourth-order valence-electron chi connectivity index (χ4n) is 4.32. The van der Waals surface area contributed by atoms with Gasteiger partial charge in [-0.1, -0.05) is 50.0 Å². The van der Waals surface area contributed by atoms with Crippen molar-refractivity contribution in [2.45, 2.75) is 80.1 Å². The summed E-state index contributed by atoms with van der Waals surface area (Å²) >= 11 is 0. The minimum Gasteiger partial charge on any atom is -0.507 e. The van der Waals surface area contributed by atoms with Crippen LogP contribution in [0, 0.1) is 0 Å². The van der Waals surface area contributed by atoms with Crippen molar-refractivity contribution in [1.29, 1.82) is 0 Å². The smallest absolute Gasteiger partial charge is 0.204 e. The molecule has 0 radical (unpaired) electrons. The Balaban J connectivity index is 2.38. The summed E-state index contributed by atoms with van der Waals surface area (Å²) in [5, 5.41) is 12.0. The first-order valence-electron chi connectivity index (χ1n) is 13.6. The molecule has 0 aliphatic carbocycles. The normalized spacial score (nSPS) is 11.0. The van der Waals surface area contributed by atoms with Gasteiger partial charge in [0.15, 0.2) is 11.5 Å². The molecule has 0 saturated carbocycles. The maximum Gasteiger partial charge on any atom is 0.204 e. The van der Waals surface area contributed by atoms with E-state index >= 15 is 0 Å². The van der Waals surface area contributed by atoms with Gasteiger partial charge in [0.05, 0.1) is 25.7 Å². The number of methoxy groups -OCH3 is 1. The molecule has 206 valence electrons. The lowest BCUT2D eigenvalue weighted by atomic mass is 9.98. The summed E-state index contributed by atoms with van der Waals surface area (Å²) in [6.45, 7) is 13.3. The number of unbranched alkanes of at least 4 members (excludes halogenated alkanes) is 2. The van der Waals surface area contributed by atoms with Gasteiger partial charge in [0, 0.05) is 23.3 Å². The summed E-state index contributed by atoms with van der Waals surface area (Å²) in [6, 6.07) is 3.46.